The molecule has 21 heavy (non-hydrogen) atoms. The van der Waals surface area contributed by atoms with Crippen molar-refractivity contribution in [1.82, 2.24) is 0 Å². The van der Waals surface area contributed by atoms with E-state index < -0.39 is 0 Å². The SMILES string of the molecule is CCCCCCCCC(=O)Oc1ccc(CN)cc1OC. The molecule has 0 aliphatic carbocycles. The fraction of sp³-hybridized carbons (Fsp3) is 0.588. The summed E-state index contributed by atoms with van der Waals surface area (Å²) in [6.07, 6.45) is 7.36. The van der Waals surface area contributed by atoms with Crippen LogP contribution in [-0.4, -0.2) is 13.1 Å². The number of unbranched alkanes of at least 4 members (excludes halogenated alkanes) is 5. The number of esters is 1. The lowest BCUT2D eigenvalue weighted by Crippen LogP contribution is -2.09. The van der Waals surface area contributed by atoms with Crippen LogP contribution in [0.2, 0.25) is 0 Å². The van der Waals surface area contributed by atoms with Crippen LogP contribution in [-0.2, 0) is 11.3 Å². The Balaban J connectivity index is 2.37. The van der Waals surface area contributed by atoms with Gasteiger partial charge in [-0.05, 0) is 24.1 Å². The van der Waals surface area contributed by atoms with Gasteiger partial charge in [0.1, 0.15) is 0 Å². The Morgan fingerprint density at radius 1 is 1.10 bits per heavy atom. The topological polar surface area (TPSA) is 61.5 Å². The molecule has 1 aromatic carbocycles. The number of benzene rings is 1. The van der Waals surface area contributed by atoms with Gasteiger partial charge in [0.2, 0.25) is 0 Å². The van der Waals surface area contributed by atoms with E-state index >= 15 is 0 Å². The number of methoxy groups -OCH3 is 1. The molecule has 0 saturated heterocycles. The van der Waals surface area contributed by atoms with Crippen molar-refractivity contribution in [3.05, 3.63) is 23.8 Å². The first kappa shape index (κ1) is 17.5. The van der Waals surface area contributed by atoms with E-state index in [1.54, 1.807) is 19.2 Å². The summed E-state index contributed by atoms with van der Waals surface area (Å²) in [4.78, 5) is 11.8. The van der Waals surface area contributed by atoms with E-state index in [2.05, 4.69) is 6.92 Å². The summed E-state index contributed by atoms with van der Waals surface area (Å²) in [5.74, 6) is 0.809. The van der Waals surface area contributed by atoms with Crippen LogP contribution < -0.4 is 15.2 Å². The lowest BCUT2D eigenvalue weighted by molar-refractivity contribution is -0.134. The smallest absolute Gasteiger partial charge is 0.311 e. The minimum absolute atomic E-state index is 0.204. The Morgan fingerprint density at radius 3 is 2.48 bits per heavy atom. The second-order valence-corrected chi connectivity index (χ2v) is 5.18. The quantitative estimate of drug-likeness (QED) is 0.405. The number of carbonyl (C=O) groups excluding carboxylic acids is 1. The van der Waals surface area contributed by atoms with Crippen molar-refractivity contribution >= 4 is 5.97 Å². The lowest BCUT2D eigenvalue weighted by atomic mass is 10.1. The van der Waals surface area contributed by atoms with Gasteiger partial charge in [0.25, 0.3) is 0 Å². The van der Waals surface area contributed by atoms with Gasteiger partial charge < -0.3 is 15.2 Å². The van der Waals surface area contributed by atoms with Gasteiger partial charge in [-0.2, -0.15) is 0 Å². The average Bonchev–Trinajstić information content (AvgIpc) is 2.51. The molecule has 1 rings (SSSR count). The van der Waals surface area contributed by atoms with Crippen molar-refractivity contribution in [2.75, 3.05) is 7.11 Å². The maximum atomic E-state index is 11.8. The standard InChI is InChI=1S/C17H27NO3/c1-3-4-5-6-7-8-9-17(19)21-15-11-10-14(13-18)12-16(15)20-2/h10-12H,3-9,13,18H2,1-2H3. The molecule has 4 heteroatoms. The number of ether oxygens (including phenoxy) is 2. The third kappa shape index (κ3) is 6.63. The van der Waals surface area contributed by atoms with Crippen molar-refractivity contribution in [3.8, 4) is 11.5 Å². The average molecular weight is 293 g/mol. The van der Waals surface area contributed by atoms with Gasteiger partial charge in [0.15, 0.2) is 11.5 Å². The molecule has 0 atom stereocenters. The molecule has 4 nitrogen and oxygen atoms in total. The first-order chi connectivity index (χ1) is 10.2. The molecule has 0 unspecified atom stereocenters. The second kappa shape index (κ2) is 10.2. The molecule has 0 aromatic heterocycles. The zero-order valence-electron chi connectivity index (χ0n) is 13.2. The molecule has 118 valence electrons. The van der Waals surface area contributed by atoms with E-state index in [9.17, 15) is 4.79 Å². The van der Waals surface area contributed by atoms with Crippen LogP contribution in [0.5, 0.6) is 11.5 Å². The van der Waals surface area contributed by atoms with Crippen molar-refractivity contribution in [1.29, 1.82) is 0 Å². The maximum Gasteiger partial charge on any atom is 0.311 e. The molecule has 0 aliphatic rings. The van der Waals surface area contributed by atoms with Crippen LogP contribution in [0.3, 0.4) is 0 Å². The predicted molar refractivity (Wildman–Crippen MR) is 84.5 cm³/mol. The molecular weight excluding hydrogens is 266 g/mol. The number of carbonyl (C=O) groups is 1. The summed E-state index contributed by atoms with van der Waals surface area (Å²) in [7, 11) is 1.56. The minimum atomic E-state index is -0.204. The molecule has 0 aliphatic heterocycles. The van der Waals surface area contributed by atoms with E-state index in [-0.39, 0.29) is 5.97 Å². The van der Waals surface area contributed by atoms with E-state index in [1.807, 2.05) is 6.07 Å². The molecule has 0 radical (unpaired) electrons. The van der Waals surface area contributed by atoms with Gasteiger partial charge in [0, 0.05) is 13.0 Å². The summed E-state index contributed by atoms with van der Waals surface area (Å²) >= 11 is 0. The third-order valence-electron chi connectivity index (χ3n) is 3.42. The van der Waals surface area contributed by atoms with Gasteiger partial charge in [-0.15, -0.1) is 0 Å². The minimum Gasteiger partial charge on any atom is -0.493 e. The van der Waals surface area contributed by atoms with E-state index in [4.69, 9.17) is 15.2 Å². The van der Waals surface area contributed by atoms with Crippen LogP contribution in [0.1, 0.15) is 57.4 Å². The molecule has 0 heterocycles. The molecule has 1 aromatic rings. The van der Waals surface area contributed by atoms with E-state index in [1.165, 1.54) is 25.7 Å². The molecule has 0 bridgehead atoms. The second-order valence-electron chi connectivity index (χ2n) is 5.18. The van der Waals surface area contributed by atoms with Gasteiger partial charge in [-0.3, -0.25) is 4.79 Å². The first-order valence-corrected chi connectivity index (χ1v) is 7.79. The number of rotatable bonds is 10. The van der Waals surface area contributed by atoms with Crippen molar-refractivity contribution in [3.63, 3.8) is 0 Å². The number of hydrogen-bond acceptors (Lipinski definition) is 4. The summed E-state index contributed by atoms with van der Waals surface area (Å²) in [5.41, 5.74) is 6.52. The van der Waals surface area contributed by atoms with Gasteiger partial charge >= 0.3 is 5.97 Å². The third-order valence-corrected chi connectivity index (χ3v) is 3.42. The molecule has 0 saturated carbocycles. The van der Waals surface area contributed by atoms with Crippen molar-refractivity contribution < 1.29 is 14.3 Å². The van der Waals surface area contributed by atoms with Crippen LogP contribution in [0, 0.1) is 0 Å². The van der Waals surface area contributed by atoms with Crippen LogP contribution in [0.25, 0.3) is 0 Å². The normalized spacial score (nSPS) is 10.4. The summed E-state index contributed by atoms with van der Waals surface area (Å²) in [5, 5.41) is 0. The van der Waals surface area contributed by atoms with Crippen LogP contribution in [0.15, 0.2) is 18.2 Å². The molecule has 0 spiro atoms. The lowest BCUT2D eigenvalue weighted by Gasteiger charge is -2.10. The Bertz CT molecular complexity index is 432. The van der Waals surface area contributed by atoms with Gasteiger partial charge in [0.05, 0.1) is 7.11 Å². The highest BCUT2D eigenvalue weighted by atomic mass is 16.6. The van der Waals surface area contributed by atoms with Crippen molar-refractivity contribution in [2.45, 2.75) is 58.4 Å². The highest BCUT2D eigenvalue weighted by Gasteiger charge is 2.10. The highest BCUT2D eigenvalue weighted by Crippen LogP contribution is 2.28. The van der Waals surface area contributed by atoms with Gasteiger partial charge in [-0.1, -0.05) is 45.1 Å². The summed E-state index contributed by atoms with van der Waals surface area (Å²) in [6, 6.07) is 5.38. The number of nitrogens with two attached hydrogens (primary N) is 1. The molecule has 0 fully saturated rings. The zero-order chi connectivity index (χ0) is 15.5. The molecule has 2 N–H and O–H groups in total. The summed E-state index contributed by atoms with van der Waals surface area (Å²) < 4.78 is 10.6. The van der Waals surface area contributed by atoms with Gasteiger partial charge in [-0.25, -0.2) is 0 Å². The predicted octanol–water partition coefficient (Wildman–Crippen LogP) is 3.81. The Hall–Kier alpha value is -1.55. The van der Waals surface area contributed by atoms with Crippen LogP contribution in [0.4, 0.5) is 0 Å². The van der Waals surface area contributed by atoms with E-state index in [0.29, 0.717) is 24.5 Å². The maximum absolute atomic E-state index is 11.8. The first-order valence-electron chi connectivity index (χ1n) is 7.79. The molecule has 0 amide bonds. The Morgan fingerprint density at radius 2 is 1.81 bits per heavy atom. The van der Waals surface area contributed by atoms with Crippen molar-refractivity contribution in [2.24, 2.45) is 5.73 Å². The van der Waals surface area contributed by atoms with E-state index in [0.717, 1.165) is 18.4 Å². The largest absolute Gasteiger partial charge is 0.493 e. The Labute approximate surface area is 127 Å². The number of hydrogen-bond donors (Lipinski definition) is 1. The monoisotopic (exact) mass is 293 g/mol. The van der Waals surface area contributed by atoms with Crippen LogP contribution >= 0.6 is 0 Å². The molecular formula is C17H27NO3. The zero-order valence-corrected chi connectivity index (χ0v) is 13.2. The fourth-order valence-electron chi connectivity index (χ4n) is 2.15. The summed E-state index contributed by atoms with van der Waals surface area (Å²) in [6.45, 7) is 2.63. The Kier molecular flexibility index (Phi) is 8.51. The highest BCUT2D eigenvalue weighted by molar-refractivity contribution is 5.73. The fourth-order valence-corrected chi connectivity index (χ4v) is 2.15.